The summed E-state index contributed by atoms with van der Waals surface area (Å²) < 4.78 is 13.8. The Labute approximate surface area is 96.3 Å². The lowest BCUT2D eigenvalue weighted by atomic mass is 10.0. The van der Waals surface area contributed by atoms with E-state index in [1.807, 2.05) is 26.8 Å². The lowest BCUT2D eigenvalue weighted by Gasteiger charge is -2.06. The van der Waals surface area contributed by atoms with Gasteiger partial charge in [-0.15, -0.1) is 0 Å². The van der Waals surface area contributed by atoms with Crippen molar-refractivity contribution in [2.75, 3.05) is 0 Å². The number of hydrogen-bond acceptors (Lipinski definition) is 1. The lowest BCUT2D eigenvalue weighted by molar-refractivity contribution is 0.629. The van der Waals surface area contributed by atoms with Gasteiger partial charge >= 0.3 is 0 Å². The van der Waals surface area contributed by atoms with Crippen LogP contribution in [0.25, 0.3) is 10.8 Å². The topological polar surface area (TPSA) is 12.9 Å². The van der Waals surface area contributed by atoms with Gasteiger partial charge < -0.3 is 0 Å². The summed E-state index contributed by atoms with van der Waals surface area (Å²) in [6, 6.07) is 3.71. The molecule has 86 valence electrons. The van der Waals surface area contributed by atoms with E-state index in [1.54, 1.807) is 25.4 Å². The van der Waals surface area contributed by atoms with Crippen molar-refractivity contribution in [2.24, 2.45) is 0 Å². The second-order valence-electron chi connectivity index (χ2n) is 3.45. The summed E-state index contributed by atoms with van der Waals surface area (Å²) in [7, 11) is 0. The summed E-state index contributed by atoms with van der Waals surface area (Å²) in [5.41, 5.74) is 1.67. The highest BCUT2D eigenvalue weighted by Gasteiger charge is 2.07. The highest BCUT2D eigenvalue weighted by Crippen LogP contribution is 2.23. The Morgan fingerprint density at radius 2 is 1.88 bits per heavy atom. The van der Waals surface area contributed by atoms with Crippen molar-refractivity contribution >= 4 is 10.8 Å². The summed E-state index contributed by atoms with van der Waals surface area (Å²) in [5.74, 6) is -0.109. The number of halogens is 1. The van der Waals surface area contributed by atoms with Gasteiger partial charge in [-0.25, -0.2) is 4.39 Å². The normalized spacial score (nSPS) is 9.81. The Balaban J connectivity index is 0.000000606. The fourth-order valence-corrected chi connectivity index (χ4v) is 1.67. The number of rotatable bonds is 1. The van der Waals surface area contributed by atoms with Crippen molar-refractivity contribution in [2.45, 2.75) is 34.1 Å². The Morgan fingerprint density at radius 1 is 1.19 bits per heavy atom. The van der Waals surface area contributed by atoms with Crippen molar-refractivity contribution < 1.29 is 4.39 Å². The molecular weight excluding hydrogens is 201 g/mol. The van der Waals surface area contributed by atoms with Crippen LogP contribution in [0.15, 0.2) is 24.5 Å². The second kappa shape index (κ2) is 5.59. The molecule has 2 aromatic rings. The van der Waals surface area contributed by atoms with E-state index in [9.17, 15) is 4.39 Å². The van der Waals surface area contributed by atoms with Crippen molar-refractivity contribution in [3.05, 3.63) is 41.5 Å². The van der Waals surface area contributed by atoms with Gasteiger partial charge in [0.05, 0.1) is 0 Å². The standard InChI is InChI=1S/C12H12FN.C2H6/c1-3-9-6-14-7-10-5-4-8(2)12(13)11(9)10;1-2/h4-7H,3H2,1-2H3;1-2H3. The molecular formula is C14H18FN. The predicted octanol–water partition coefficient (Wildman–Crippen LogP) is 4.27. The van der Waals surface area contributed by atoms with E-state index >= 15 is 0 Å². The second-order valence-corrected chi connectivity index (χ2v) is 3.45. The molecule has 0 unspecified atom stereocenters. The number of aromatic nitrogens is 1. The summed E-state index contributed by atoms with van der Waals surface area (Å²) >= 11 is 0. The zero-order valence-corrected chi connectivity index (χ0v) is 10.3. The van der Waals surface area contributed by atoms with Gasteiger partial charge in [-0.2, -0.15) is 0 Å². The molecule has 16 heavy (non-hydrogen) atoms. The van der Waals surface area contributed by atoms with Crippen LogP contribution in [0.5, 0.6) is 0 Å². The minimum absolute atomic E-state index is 0.109. The van der Waals surface area contributed by atoms with Crippen LogP contribution >= 0.6 is 0 Å². The van der Waals surface area contributed by atoms with Crippen molar-refractivity contribution in [3.8, 4) is 0 Å². The summed E-state index contributed by atoms with van der Waals surface area (Å²) in [6.45, 7) is 7.80. The Bertz CT molecular complexity index is 477. The fraction of sp³-hybridized carbons (Fsp3) is 0.357. The van der Waals surface area contributed by atoms with E-state index in [4.69, 9.17) is 0 Å². The zero-order valence-electron chi connectivity index (χ0n) is 10.3. The van der Waals surface area contributed by atoms with E-state index in [2.05, 4.69) is 4.98 Å². The lowest BCUT2D eigenvalue weighted by Crippen LogP contribution is -1.92. The van der Waals surface area contributed by atoms with Crippen LogP contribution in [0.1, 0.15) is 31.9 Å². The first-order chi connectivity index (χ1) is 7.74. The van der Waals surface area contributed by atoms with E-state index in [-0.39, 0.29) is 5.82 Å². The van der Waals surface area contributed by atoms with Crippen molar-refractivity contribution in [1.82, 2.24) is 4.98 Å². The molecule has 0 atom stereocenters. The third-order valence-corrected chi connectivity index (χ3v) is 2.51. The SMILES string of the molecule is CC.CCc1cncc2ccc(C)c(F)c12. The predicted molar refractivity (Wildman–Crippen MR) is 67.2 cm³/mol. The minimum Gasteiger partial charge on any atom is -0.264 e. The number of nitrogens with zero attached hydrogens (tertiary/aromatic N) is 1. The number of pyridine rings is 1. The zero-order chi connectivity index (χ0) is 12.1. The van der Waals surface area contributed by atoms with Crippen LogP contribution in [0.2, 0.25) is 0 Å². The average Bonchev–Trinajstić information content (AvgIpc) is 2.35. The van der Waals surface area contributed by atoms with Gasteiger partial charge in [0.15, 0.2) is 0 Å². The highest BCUT2D eigenvalue weighted by atomic mass is 19.1. The molecule has 2 rings (SSSR count). The van der Waals surface area contributed by atoms with Crippen molar-refractivity contribution in [1.29, 1.82) is 0 Å². The Kier molecular flexibility index (Phi) is 4.41. The van der Waals surface area contributed by atoms with Gasteiger partial charge in [-0.3, -0.25) is 4.98 Å². The molecule has 0 aliphatic heterocycles. The maximum Gasteiger partial charge on any atom is 0.134 e. The molecule has 1 aromatic carbocycles. The first-order valence-electron chi connectivity index (χ1n) is 5.75. The molecule has 0 amide bonds. The minimum atomic E-state index is -0.109. The van der Waals surface area contributed by atoms with E-state index in [1.165, 1.54) is 0 Å². The number of hydrogen-bond donors (Lipinski definition) is 0. The van der Waals surface area contributed by atoms with Gasteiger partial charge in [0.25, 0.3) is 0 Å². The van der Waals surface area contributed by atoms with Gasteiger partial charge in [-0.1, -0.05) is 32.9 Å². The molecule has 1 nitrogen and oxygen atoms in total. The summed E-state index contributed by atoms with van der Waals surface area (Å²) in [5, 5.41) is 1.61. The first kappa shape index (κ1) is 12.6. The smallest absolute Gasteiger partial charge is 0.134 e. The maximum atomic E-state index is 13.8. The molecule has 2 heteroatoms. The molecule has 0 aliphatic rings. The van der Waals surface area contributed by atoms with Gasteiger partial charge in [0.2, 0.25) is 0 Å². The van der Waals surface area contributed by atoms with Crippen LogP contribution in [0.3, 0.4) is 0 Å². The summed E-state index contributed by atoms with van der Waals surface area (Å²) in [6.07, 6.45) is 4.26. The van der Waals surface area contributed by atoms with Gasteiger partial charge in [0, 0.05) is 23.2 Å². The molecule has 1 heterocycles. The van der Waals surface area contributed by atoms with E-state index in [0.717, 1.165) is 22.8 Å². The number of benzene rings is 1. The monoisotopic (exact) mass is 219 g/mol. The van der Waals surface area contributed by atoms with E-state index < -0.39 is 0 Å². The summed E-state index contributed by atoms with van der Waals surface area (Å²) in [4.78, 5) is 4.09. The molecule has 0 fully saturated rings. The largest absolute Gasteiger partial charge is 0.264 e. The van der Waals surface area contributed by atoms with Crippen LogP contribution in [-0.4, -0.2) is 4.98 Å². The molecule has 0 radical (unpaired) electrons. The highest BCUT2D eigenvalue weighted by molar-refractivity contribution is 5.86. The van der Waals surface area contributed by atoms with Gasteiger partial charge in [-0.05, 0) is 24.5 Å². The molecule has 0 spiro atoms. The quantitative estimate of drug-likeness (QED) is 0.698. The molecule has 0 bridgehead atoms. The third-order valence-electron chi connectivity index (χ3n) is 2.51. The van der Waals surface area contributed by atoms with E-state index in [0.29, 0.717) is 5.56 Å². The van der Waals surface area contributed by atoms with Crippen LogP contribution in [0.4, 0.5) is 4.39 Å². The number of fused-ring (bicyclic) bond motifs is 1. The maximum absolute atomic E-state index is 13.8. The molecule has 0 saturated carbocycles. The number of aryl methyl sites for hydroxylation is 2. The third kappa shape index (κ3) is 2.21. The van der Waals surface area contributed by atoms with Crippen LogP contribution < -0.4 is 0 Å². The molecule has 1 aromatic heterocycles. The molecule has 0 N–H and O–H groups in total. The Hall–Kier alpha value is -1.44. The van der Waals surface area contributed by atoms with Crippen LogP contribution in [-0.2, 0) is 6.42 Å². The Morgan fingerprint density at radius 3 is 2.50 bits per heavy atom. The van der Waals surface area contributed by atoms with Gasteiger partial charge in [0.1, 0.15) is 5.82 Å². The first-order valence-corrected chi connectivity index (χ1v) is 5.75. The molecule has 0 aliphatic carbocycles. The average molecular weight is 219 g/mol. The van der Waals surface area contributed by atoms with Crippen LogP contribution in [0, 0.1) is 12.7 Å². The molecule has 0 saturated heterocycles. The fourth-order valence-electron chi connectivity index (χ4n) is 1.67. The van der Waals surface area contributed by atoms with Crippen molar-refractivity contribution in [3.63, 3.8) is 0 Å².